The van der Waals surface area contributed by atoms with Crippen molar-refractivity contribution < 1.29 is 166 Å². The van der Waals surface area contributed by atoms with Gasteiger partial charge in [-0.05, 0) is 0 Å². The van der Waals surface area contributed by atoms with Crippen molar-refractivity contribution in [3.8, 4) is 0 Å². The fourth-order valence-electron chi connectivity index (χ4n) is 0. The Morgan fingerprint density at radius 2 is 0.600 bits per heavy atom. The standard InChI is InChI=1S/2Cs.Mn.2O/q2*+1;+2;2*-2. The van der Waals surface area contributed by atoms with E-state index in [4.69, 9.17) is 0 Å². The third kappa shape index (κ3) is 17.7. The van der Waals surface area contributed by atoms with Crippen LogP contribution < -0.4 is 138 Å². The molecule has 0 heterocycles. The summed E-state index contributed by atoms with van der Waals surface area (Å²) in [6.07, 6.45) is 0. The molecule has 0 atom stereocenters. The Morgan fingerprint density at radius 3 is 0.600 bits per heavy atom. The Bertz CT molecular complexity index is 7.61. The summed E-state index contributed by atoms with van der Waals surface area (Å²) in [6, 6.07) is 0. The number of hydrogen-bond acceptors (Lipinski definition) is 0. The van der Waals surface area contributed by atoms with Crippen LogP contribution in [-0.4, -0.2) is 0 Å². The van der Waals surface area contributed by atoms with E-state index < -0.39 is 0 Å². The van der Waals surface area contributed by atoms with Crippen molar-refractivity contribution in [2.75, 3.05) is 0 Å². The van der Waals surface area contributed by atoms with Gasteiger partial charge < -0.3 is 11.0 Å². The summed E-state index contributed by atoms with van der Waals surface area (Å²) in [4.78, 5) is 0. The summed E-state index contributed by atoms with van der Waals surface area (Å²) >= 11 is 0. The van der Waals surface area contributed by atoms with Gasteiger partial charge in [0.1, 0.15) is 0 Å². The van der Waals surface area contributed by atoms with E-state index in [1.54, 1.807) is 0 Å². The normalized spacial score (nSPS) is 0. The molecule has 0 spiro atoms. The van der Waals surface area contributed by atoms with Crippen LogP contribution in [-0.2, 0) is 28.0 Å². The minimum absolute atomic E-state index is 0. The minimum Gasteiger partial charge on any atom is -2.00 e. The van der Waals surface area contributed by atoms with Crippen LogP contribution in [0.25, 0.3) is 0 Å². The molecule has 0 aliphatic heterocycles. The molecule has 0 aromatic rings. The predicted octanol–water partition coefficient (Wildman–Crippen LogP) is -6.23. The number of rotatable bonds is 0. The Balaban J connectivity index is 0. The summed E-state index contributed by atoms with van der Waals surface area (Å²) < 4.78 is 0. The van der Waals surface area contributed by atoms with E-state index >= 15 is 0 Å². The van der Waals surface area contributed by atoms with Crippen LogP contribution >= 0.6 is 0 Å². The number of hydrogen-bond donors (Lipinski definition) is 0. The minimum atomic E-state index is 0. The van der Waals surface area contributed by atoms with E-state index in [9.17, 15) is 0 Å². The summed E-state index contributed by atoms with van der Waals surface area (Å²) in [5.74, 6) is 0. The van der Waals surface area contributed by atoms with E-state index in [2.05, 4.69) is 0 Å². The van der Waals surface area contributed by atoms with Gasteiger partial charge in [-0.25, -0.2) is 0 Å². The van der Waals surface area contributed by atoms with E-state index in [1.807, 2.05) is 0 Å². The van der Waals surface area contributed by atoms with Gasteiger partial charge in [0.25, 0.3) is 0 Å². The van der Waals surface area contributed by atoms with E-state index in [0.717, 1.165) is 0 Å². The molecular weight excluding hydrogens is 353 g/mol. The fraction of sp³-hybridized carbons (Fsp3) is 0. The van der Waals surface area contributed by atoms with Crippen molar-refractivity contribution in [1.29, 1.82) is 0 Å². The zero-order valence-electron chi connectivity index (χ0n) is 3.19. The van der Waals surface area contributed by atoms with E-state index in [-0.39, 0.29) is 166 Å². The Labute approximate surface area is 160 Å². The molecule has 1 radical (unpaired) electrons. The first-order valence-electron chi connectivity index (χ1n) is 0. The van der Waals surface area contributed by atoms with Crippen LogP contribution in [0.2, 0.25) is 0 Å². The predicted molar refractivity (Wildman–Crippen MR) is 1.37 cm³/mol. The van der Waals surface area contributed by atoms with Crippen molar-refractivity contribution in [2.24, 2.45) is 0 Å². The molecule has 0 aliphatic carbocycles. The summed E-state index contributed by atoms with van der Waals surface area (Å²) in [6.45, 7) is 0. The molecular formula is Cs2MnO2. The Morgan fingerprint density at radius 1 is 0.600 bits per heavy atom. The Kier molecular flexibility index (Phi) is 159. The van der Waals surface area contributed by atoms with Gasteiger partial charge in [0.05, 0.1) is 0 Å². The van der Waals surface area contributed by atoms with Gasteiger partial charge in [0.15, 0.2) is 0 Å². The molecule has 0 aromatic heterocycles. The average Bonchev–Trinajstić information content (AvgIpc) is 0. The van der Waals surface area contributed by atoms with Crippen LogP contribution in [0.4, 0.5) is 0 Å². The summed E-state index contributed by atoms with van der Waals surface area (Å²) in [5, 5.41) is 0. The van der Waals surface area contributed by atoms with Gasteiger partial charge in [-0.2, -0.15) is 0 Å². The second-order valence-electron chi connectivity index (χ2n) is 0. The topological polar surface area (TPSA) is 57.0 Å². The Hall–Kier alpha value is 4.54. The van der Waals surface area contributed by atoms with Crippen molar-refractivity contribution in [3.63, 3.8) is 0 Å². The summed E-state index contributed by atoms with van der Waals surface area (Å²) in [5.41, 5.74) is 0. The fourth-order valence-corrected chi connectivity index (χ4v) is 0. The van der Waals surface area contributed by atoms with E-state index in [1.165, 1.54) is 0 Å². The molecule has 0 rings (SSSR count). The first kappa shape index (κ1) is 33.7. The molecule has 0 saturated carbocycles. The first-order valence-corrected chi connectivity index (χ1v) is 0. The van der Waals surface area contributed by atoms with E-state index in [0.29, 0.717) is 0 Å². The molecule has 0 amide bonds. The van der Waals surface area contributed by atoms with Crippen molar-refractivity contribution in [3.05, 3.63) is 0 Å². The maximum Gasteiger partial charge on any atom is 2.00 e. The molecule has 5 heavy (non-hydrogen) atoms. The zero-order valence-corrected chi connectivity index (χ0v) is 16.9. The molecule has 0 aromatic carbocycles. The molecule has 0 N–H and O–H groups in total. The van der Waals surface area contributed by atoms with Gasteiger partial charge in [0, 0.05) is 0 Å². The van der Waals surface area contributed by atoms with Gasteiger partial charge in [0.2, 0.25) is 0 Å². The SMILES string of the molecule is [Cs+].[Cs+].[Mn+2].[O-2].[O-2]. The molecule has 0 fully saturated rings. The zero-order chi connectivity index (χ0) is 0. The van der Waals surface area contributed by atoms with Crippen LogP contribution in [0.3, 0.4) is 0 Å². The van der Waals surface area contributed by atoms with Crippen LogP contribution in [0, 0.1) is 0 Å². The second-order valence-corrected chi connectivity index (χ2v) is 0. The maximum absolute atomic E-state index is 0. The van der Waals surface area contributed by atoms with Crippen LogP contribution in [0.15, 0.2) is 0 Å². The van der Waals surface area contributed by atoms with Gasteiger partial charge in [-0.3, -0.25) is 0 Å². The molecule has 0 saturated heterocycles. The molecule has 2 nitrogen and oxygen atoms in total. The molecule has 0 bridgehead atoms. The molecule has 0 unspecified atom stereocenters. The third-order valence-electron chi connectivity index (χ3n) is 0. The summed E-state index contributed by atoms with van der Waals surface area (Å²) in [7, 11) is 0. The van der Waals surface area contributed by atoms with Crippen LogP contribution in [0.5, 0.6) is 0 Å². The first-order chi connectivity index (χ1) is 0. The van der Waals surface area contributed by atoms with Crippen LogP contribution in [0.1, 0.15) is 0 Å². The van der Waals surface area contributed by atoms with Crippen molar-refractivity contribution in [1.82, 2.24) is 0 Å². The largest absolute Gasteiger partial charge is 2.00 e. The molecule has 5 heteroatoms. The van der Waals surface area contributed by atoms with Gasteiger partial charge in [-0.15, -0.1) is 0 Å². The second kappa shape index (κ2) is 23.6. The van der Waals surface area contributed by atoms with Crippen molar-refractivity contribution in [2.45, 2.75) is 0 Å². The quantitative estimate of drug-likeness (QED) is 0.390. The smallest absolute Gasteiger partial charge is 2.00 e. The van der Waals surface area contributed by atoms with Gasteiger partial charge in [-0.1, -0.05) is 0 Å². The van der Waals surface area contributed by atoms with Gasteiger partial charge >= 0.3 is 155 Å². The van der Waals surface area contributed by atoms with Crippen molar-refractivity contribution >= 4 is 0 Å². The maximum atomic E-state index is 0. The molecule has 21 valence electrons. The monoisotopic (exact) mass is 353 g/mol. The third-order valence-corrected chi connectivity index (χ3v) is 0. The molecule has 0 aliphatic rings. The average molecular weight is 353 g/mol.